The van der Waals surface area contributed by atoms with Gasteiger partial charge in [-0.1, -0.05) is 164 Å². The minimum Gasteiger partial charge on any atom is -0.456 e. The standard InChI is InChI=1S/C52H35NO/c1-4-15-36(16-5-1)39-21-14-22-43(34-39)51-48(31-32-50-52(51)46-24-11-13-26-49(46)54-50)53(47-25-12-10-23-45(47)38-19-8-3-9-20-38)44-30-29-41-33-40(27-28-42(41)35-44)37-17-6-2-7-18-37/h1-35H. The van der Waals surface area contributed by atoms with Crippen LogP contribution in [0.15, 0.2) is 217 Å². The maximum Gasteiger partial charge on any atom is 0.136 e. The molecule has 2 nitrogen and oxygen atoms in total. The van der Waals surface area contributed by atoms with Crippen LogP contribution in [0.25, 0.3) is 77.2 Å². The van der Waals surface area contributed by atoms with Gasteiger partial charge in [0.15, 0.2) is 0 Å². The summed E-state index contributed by atoms with van der Waals surface area (Å²) in [5.41, 5.74) is 14.3. The Labute approximate surface area is 314 Å². The van der Waals surface area contributed by atoms with Gasteiger partial charge in [-0.15, -0.1) is 0 Å². The Balaban J connectivity index is 1.26. The Morgan fingerprint density at radius 2 is 0.926 bits per heavy atom. The highest BCUT2D eigenvalue weighted by Gasteiger charge is 2.25. The molecule has 0 aliphatic carbocycles. The van der Waals surface area contributed by atoms with Crippen LogP contribution >= 0.6 is 0 Å². The number of benzene rings is 9. The first kappa shape index (κ1) is 31.6. The molecule has 1 aromatic heterocycles. The molecular formula is C52H35NO. The highest BCUT2D eigenvalue weighted by Crippen LogP contribution is 2.49. The molecule has 0 bridgehead atoms. The lowest BCUT2D eigenvalue weighted by atomic mass is 9.93. The summed E-state index contributed by atoms with van der Waals surface area (Å²) in [7, 11) is 0. The number of anilines is 3. The first-order chi connectivity index (χ1) is 26.8. The Hall–Kier alpha value is -7.16. The third kappa shape index (κ3) is 5.62. The third-order valence-electron chi connectivity index (χ3n) is 10.4. The molecule has 0 aliphatic rings. The van der Waals surface area contributed by atoms with Gasteiger partial charge in [-0.25, -0.2) is 0 Å². The van der Waals surface area contributed by atoms with Crippen LogP contribution in [0, 0.1) is 0 Å². The molecule has 1 heterocycles. The molecule has 0 saturated carbocycles. The summed E-state index contributed by atoms with van der Waals surface area (Å²) in [4.78, 5) is 2.44. The fourth-order valence-electron chi connectivity index (χ4n) is 7.89. The van der Waals surface area contributed by atoms with Gasteiger partial charge in [-0.3, -0.25) is 0 Å². The summed E-state index contributed by atoms with van der Waals surface area (Å²) in [6.07, 6.45) is 0. The van der Waals surface area contributed by atoms with Gasteiger partial charge in [0.05, 0.1) is 11.4 Å². The van der Waals surface area contributed by atoms with Crippen molar-refractivity contribution in [1.82, 2.24) is 0 Å². The van der Waals surface area contributed by atoms with E-state index in [1.165, 1.54) is 33.0 Å². The Bertz CT molecular complexity index is 2930. The van der Waals surface area contributed by atoms with Crippen LogP contribution in [0.1, 0.15) is 0 Å². The molecule has 10 rings (SSSR count). The van der Waals surface area contributed by atoms with E-state index in [2.05, 4.69) is 211 Å². The largest absolute Gasteiger partial charge is 0.456 e. The van der Waals surface area contributed by atoms with E-state index in [1.54, 1.807) is 0 Å². The maximum atomic E-state index is 6.56. The molecule has 54 heavy (non-hydrogen) atoms. The lowest BCUT2D eigenvalue weighted by molar-refractivity contribution is 0.669. The second kappa shape index (κ2) is 13.4. The van der Waals surface area contributed by atoms with Crippen molar-refractivity contribution in [3.8, 4) is 44.5 Å². The van der Waals surface area contributed by atoms with Crippen molar-refractivity contribution in [3.63, 3.8) is 0 Å². The van der Waals surface area contributed by atoms with Crippen molar-refractivity contribution in [2.45, 2.75) is 0 Å². The van der Waals surface area contributed by atoms with Gasteiger partial charge in [0, 0.05) is 27.6 Å². The first-order valence-corrected chi connectivity index (χ1v) is 18.4. The zero-order valence-corrected chi connectivity index (χ0v) is 29.6. The van der Waals surface area contributed by atoms with E-state index < -0.39 is 0 Å². The molecule has 0 aliphatic heterocycles. The molecule has 0 atom stereocenters. The predicted molar refractivity (Wildman–Crippen MR) is 228 cm³/mol. The summed E-state index contributed by atoms with van der Waals surface area (Å²) in [5.74, 6) is 0. The molecule has 0 N–H and O–H groups in total. The molecule has 0 radical (unpaired) electrons. The summed E-state index contributed by atoms with van der Waals surface area (Å²) >= 11 is 0. The average molecular weight is 690 g/mol. The van der Waals surface area contributed by atoms with Crippen LogP contribution in [0.5, 0.6) is 0 Å². The maximum absolute atomic E-state index is 6.56. The third-order valence-corrected chi connectivity index (χ3v) is 10.4. The summed E-state index contributed by atoms with van der Waals surface area (Å²) in [6, 6.07) is 76.0. The number of hydrogen-bond acceptors (Lipinski definition) is 2. The van der Waals surface area contributed by atoms with Crippen molar-refractivity contribution < 1.29 is 4.42 Å². The van der Waals surface area contributed by atoms with Crippen molar-refractivity contribution >= 4 is 49.8 Å². The number of rotatable bonds is 7. The van der Waals surface area contributed by atoms with E-state index >= 15 is 0 Å². The molecule has 254 valence electrons. The lowest BCUT2D eigenvalue weighted by Crippen LogP contribution is -2.12. The molecule has 0 fully saturated rings. The van der Waals surface area contributed by atoms with Gasteiger partial charge in [0.1, 0.15) is 11.2 Å². The van der Waals surface area contributed by atoms with Gasteiger partial charge in [0.25, 0.3) is 0 Å². The highest BCUT2D eigenvalue weighted by molar-refractivity contribution is 6.17. The lowest BCUT2D eigenvalue weighted by Gasteiger charge is -2.30. The van der Waals surface area contributed by atoms with Gasteiger partial charge >= 0.3 is 0 Å². The van der Waals surface area contributed by atoms with Crippen LogP contribution in [-0.4, -0.2) is 0 Å². The van der Waals surface area contributed by atoms with Gasteiger partial charge < -0.3 is 9.32 Å². The SMILES string of the molecule is c1ccc(-c2cccc(-c3c(N(c4ccc5cc(-c6ccccc6)ccc5c4)c4ccccc4-c4ccccc4)ccc4oc5ccccc5c34)c2)cc1. The molecule has 10 aromatic rings. The Kier molecular flexibility index (Phi) is 7.85. The van der Waals surface area contributed by atoms with Crippen molar-refractivity contribution in [2.24, 2.45) is 0 Å². The fourth-order valence-corrected chi connectivity index (χ4v) is 7.89. The molecule has 0 unspecified atom stereocenters. The van der Waals surface area contributed by atoms with Crippen molar-refractivity contribution in [3.05, 3.63) is 212 Å². The zero-order valence-electron chi connectivity index (χ0n) is 29.6. The zero-order chi connectivity index (χ0) is 35.8. The molecule has 9 aromatic carbocycles. The van der Waals surface area contributed by atoms with Crippen LogP contribution in [-0.2, 0) is 0 Å². The molecule has 0 spiro atoms. The first-order valence-electron chi connectivity index (χ1n) is 18.4. The van der Waals surface area contributed by atoms with Crippen molar-refractivity contribution in [2.75, 3.05) is 4.90 Å². The van der Waals surface area contributed by atoms with Crippen LogP contribution in [0.2, 0.25) is 0 Å². The number of fused-ring (bicyclic) bond motifs is 4. The van der Waals surface area contributed by atoms with E-state index in [0.717, 1.165) is 61.3 Å². The topological polar surface area (TPSA) is 16.4 Å². The average Bonchev–Trinajstić information content (AvgIpc) is 3.63. The van der Waals surface area contributed by atoms with E-state index in [1.807, 2.05) is 6.07 Å². The second-order valence-corrected chi connectivity index (χ2v) is 13.7. The van der Waals surface area contributed by atoms with Gasteiger partial charge in [-0.05, 0) is 92.7 Å². The number of hydrogen-bond donors (Lipinski definition) is 0. The van der Waals surface area contributed by atoms with Crippen LogP contribution in [0.3, 0.4) is 0 Å². The summed E-state index contributed by atoms with van der Waals surface area (Å²) in [5, 5.41) is 4.57. The Morgan fingerprint density at radius 3 is 1.70 bits per heavy atom. The van der Waals surface area contributed by atoms with Gasteiger partial charge in [-0.2, -0.15) is 0 Å². The minimum absolute atomic E-state index is 0.864. The number of nitrogens with zero attached hydrogens (tertiary/aromatic N) is 1. The molecular weight excluding hydrogens is 655 g/mol. The summed E-state index contributed by atoms with van der Waals surface area (Å²) in [6.45, 7) is 0. The van der Waals surface area contributed by atoms with Crippen LogP contribution in [0.4, 0.5) is 17.1 Å². The molecule has 0 saturated heterocycles. The summed E-state index contributed by atoms with van der Waals surface area (Å²) < 4.78 is 6.56. The smallest absolute Gasteiger partial charge is 0.136 e. The quantitative estimate of drug-likeness (QED) is 0.166. The van der Waals surface area contributed by atoms with Crippen LogP contribution < -0.4 is 4.90 Å². The minimum atomic E-state index is 0.864. The number of furan rings is 1. The van der Waals surface area contributed by atoms with Gasteiger partial charge in [0.2, 0.25) is 0 Å². The normalized spacial score (nSPS) is 11.3. The van der Waals surface area contributed by atoms with E-state index in [-0.39, 0.29) is 0 Å². The van der Waals surface area contributed by atoms with E-state index in [9.17, 15) is 0 Å². The molecule has 0 amide bonds. The molecule has 2 heteroatoms. The predicted octanol–water partition coefficient (Wildman–Crippen LogP) is 14.9. The van der Waals surface area contributed by atoms with E-state index in [4.69, 9.17) is 4.42 Å². The monoisotopic (exact) mass is 689 g/mol. The van der Waals surface area contributed by atoms with Crippen molar-refractivity contribution in [1.29, 1.82) is 0 Å². The fraction of sp³-hybridized carbons (Fsp3) is 0. The highest BCUT2D eigenvalue weighted by atomic mass is 16.3. The second-order valence-electron chi connectivity index (χ2n) is 13.7. The van der Waals surface area contributed by atoms with E-state index in [0.29, 0.717) is 0 Å². The Morgan fingerprint density at radius 1 is 0.333 bits per heavy atom. The number of para-hydroxylation sites is 2.